The van der Waals surface area contributed by atoms with Gasteiger partial charge in [-0.3, -0.25) is 14.7 Å². The maximum Gasteiger partial charge on any atom is 0.416 e. The van der Waals surface area contributed by atoms with E-state index in [0.29, 0.717) is 12.1 Å². The van der Waals surface area contributed by atoms with Gasteiger partial charge in [0.1, 0.15) is 16.4 Å². The molecule has 0 atom stereocenters. The van der Waals surface area contributed by atoms with E-state index in [1.807, 2.05) is 0 Å². The molecule has 2 rings (SSSR count). The molecular formula is C16H14ClF3NO8PS. The van der Waals surface area contributed by atoms with Gasteiger partial charge in [-0.2, -0.15) is 13.2 Å². The van der Waals surface area contributed by atoms with Crippen molar-refractivity contribution in [1.82, 2.24) is 0 Å². The largest absolute Gasteiger partial charge is 0.456 e. The van der Waals surface area contributed by atoms with Crippen LogP contribution in [0.15, 0.2) is 41.3 Å². The highest BCUT2D eigenvalue weighted by molar-refractivity contribution is 7.97. The first kappa shape index (κ1) is 25.1. The van der Waals surface area contributed by atoms with E-state index < -0.39 is 55.2 Å². The molecule has 0 N–H and O–H groups in total. The van der Waals surface area contributed by atoms with E-state index in [9.17, 15) is 36.3 Å². The highest BCUT2D eigenvalue weighted by Gasteiger charge is 2.36. The molecule has 0 aliphatic heterocycles. The lowest BCUT2D eigenvalue weighted by molar-refractivity contribution is -0.387. The molecule has 0 heterocycles. The van der Waals surface area contributed by atoms with E-state index in [-0.39, 0.29) is 11.5 Å². The SMILES string of the molecule is COP(=O)(CS(=O)(=O)c1cc(Oc2ccc(C(F)(F)F)cc2Cl)ccc1[N+](=O)[O-])OC. The minimum Gasteiger partial charge on any atom is -0.456 e. The average Bonchev–Trinajstić information content (AvgIpc) is 2.68. The fraction of sp³-hybridized carbons (Fsp3) is 0.250. The minimum absolute atomic E-state index is 0.258. The summed E-state index contributed by atoms with van der Waals surface area (Å²) < 4.78 is 90.3. The third kappa shape index (κ3) is 5.95. The number of hydrogen-bond acceptors (Lipinski definition) is 8. The first-order chi connectivity index (χ1) is 14.2. The van der Waals surface area contributed by atoms with Crippen LogP contribution in [-0.2, 0) is 29.6 Å². The zero-order valence-electron chi connectivity index (χ0n) is 15.8. The van der Waals surface area contributed by atoms with Gasteiger partial charge >= 0.3 is 13.8 Å². The zero-order chi connectivity index (χ0) is 23.6. The molecule has 170 valence electrons. The summed E-state index contributed by atoms with van der Waals surface area (Å²) in [7, 11) is -6.80. The Balaban J connectivity index is 2.49. The standard InChI is InChI=1S/C16H14ClF3NO8PS/c1-27-30(24,28-2)9-31(25,26)15-8-11(4-5-13(15)21(22)23)29-14-6-3-10(7-12(14)17)16(18,19)20/h3-8H,9H2,1-2H3. The molecule has 31 heavy (non-hydrogen) atoms. The Kier molecular flexibility index (Phi) is 7.39. The van der Waals surface area contributed by atoms with Crippen molar-refractivity contribution in [3.05, 3.63) is 57.1 Å². The fourth-order valence-corrected chi connectivity index (χ4v) is 6.49. The molecule has 0 bridgehead atoms. The summed E-state index contributed by atoms with van der Waals surface area (Å²) >= 11 is 5.80. The Hall–Kier alpha value is -2.18. The summed E-state index contributed by atoms with van der Waals surface area (Å²) in [5, 5.41) is 10.8. The third-order valence-corrected chi connectivity index (χ3v) is 8.86. The second-order valence-electron chi connectivity index (χ2n) is 5.85. The number of rotatable bonds is 8. The lowest BCUT2D eigenvalue weighted by Gasteiger charge is -2.15. The summed E-state index contributed by atoms with van der Waals surface area (Å²) in [4.78, 5) is 9.44. The Bertz CT molecular complexity index is 1150. The molecule has 9 nitrogen and oxygen atoms in total. The molecule has 0 amide bonds. The maximum absolute atomic E-state index is 12.8. The summed E-state index contributed by atoms with van der Waals surface area (Å²) in [5.74, 6) is -0.540. The first-order valence-corrected chi connectivity index (χ1v) is 11.7. The van der Waals surface area contributed by atoms with Gasteiger partial charge in [-0.15, -0.1) is 0 Å². The number of benzene rings is 2. The summed E-state index contributed by atoms with van der Waals surface area (Å²) in [6.45, 7) is 0. The Labute approximate surface area is 179 Å². The van der Waals surface area contributed by atoms with Crippen LogP contribution in [-0.4, -0.2) is 33.1 Å². The molecule has 0 aromatic heterocycles. The first-order valence-electron chi connectivity index (χ1n) is 7.99. The van der Waals surface area contributed by atoms with Crippen molar-refractivity contribution in [3.8, 4) is 11.5 Å². The maximum atomic E-state index is 12.8. The van der Waals surface area contributed by atoms with Crippen LogP contribution in [0.3, 0.4) is 0 Å². The van der Waals surface area contributed by atoms with Crippen molar-refractivity contribution in [2.45, 2.75) is 11.1 Å². The van der Waals surface area contributed by atoms with Crippen molar-refractivity contribution in [1.29, 1.82) is 0 Å². The van der Waals surface area contributed by atoms with Crippen LogP contribution in [0, 0.1) is 10.1 Å². The Morgan fingerprint density at radius 1 is 1.13 bits per heavy atom. The monoisotopic (exact) mass is 503 g/mol. The van der Waals surface area contributed by atoms with Crippen LogP contribution in [0.25, 0.3) is 0 Å². The van der Waals surface area contributed by atoms with Crippen molar-refractivity contribution >= 4 is 34.7 Å². The number of nitro groups is 1. The highest BCUT2D eigenvalue weighted by Crippen LogP contribution is 2.49. The van der Waals surface area contributed by atoms with Crippen LogP contribution >= 0.6 is 19.2 Å². The van der Waals surface area contributed by atoms with Crippen LogP contribution in [0.4, 0.5) is 18.9 Å². The molecule has 15 heteroatoms. The molecule has 0 aliphatic rings. The van der Waals surface area contributed by atoms with Crippen molar-refractivity contribution in [2.75, 3.05) is 19.7 Å². The topological polar surface area (TPSA) is 122 Å². The molecule has 2 aromatic rings. The predicted molar refractivity (Wildman–Crippen MR) is 103 cm³/mol. The third-order valence-electron chi connectivity index (χ3n) is 3.83. The molecule has 0 spiro atoms. The predicted octanol–water partition coefficient (Wildman–Crippen LogP) is 5.28. The minimum atomic E-state index is -4.65. The van der Waals surface area contributed by atoms with E-state index in [1.54, 1.807) is 0 Å². The van der Waals surface area contributed by atoms with E-state index in [1.165, 1.54) is 0 Å². The number of halogens is 4. The number of hydrogen-bond donors (Lipinski definition) is 0. The second kappa shape index (κ2) is 9.13. The normalized spacial score (nSPS) is 12.6. The Morgan fingerprint density at radius 2 is 1.74 bits per heavy atom. The molecular weight excluding hydrogens is 490 g/mol. The van der Waals surface area contributed by atoms with Crippen LogP contribution in [0.2, 0.25) is 5.02 Å². The molecule has 0 fully saturated rings. The van der Waals surface area contributed by atoms with Crippen LogP contribution in [0.1, 0.15) is 5.56 Å². The number of alkyl halides is 3. The number of ether oxygens (including phenoxy) is 1. The van der Waals surface area contributed by atoms with E-state index >= 15 is 0 Å². The number of sulfone groups is 1. The van der Waals surface area contributed by atoms with E-state index in [4.69, 9.17) is 16.3 Å². The summed E-state index contributed by atoms with van der Waals surface area (Å²) in [6.07, 6.45) is -4.65. The molecule has 0 saturated heterocycles. The van der Waals surface area contributed by atoms with Gasteiger partial charge in [-0.05, 0) is 24.3 Å². The van der Waals surface area contributed by atoms with Crippen molar-refractivity contribution < 1.29 is 44.9 Å². The molecule has 0 aliphatic carbocycles. The van der Waals surface area contributed by atoms with Gasteiger partial charge in [-0.1, -0.05) is 11.6 Å². The van der Waals surface area contributed by atoms with Gasteiger partial charge in [0, 0.05) is 26.4 Å². The van der Waals surface area contributed by atoms with Crippen molar-refractivity contribution in [2.24, 2.45) is 0 Å². The van der Waals surface area contributed by atoms with E-state index in [0.717, 1.165) is 38.5 Å². The Morgan fingerprint density at radius 3 is 2.23 bits per heavy atom. The zero-order valence-corrected chi connectivity index (χ0v) is 18.2. The van der Waals surface area contributed by atoms with Gasteiger partial charge in [-0.25, -0.2) is 8.42 Å². The van der Waals surface area contributed by atoms with Gasteiger partial charge < -0.3 is 13.8 Å². The highest BCUT2D eigenvalue weighted by atomic mass is 35.5. The van der Waals surface area contributed by atoms with Crippen molar-refractivity contribution in [3.63, 3.8) is 0 Å². The van der Waals surface area contributed by atoms with Gasteiger partial charge in [0.2, 0.25) is 0 Å². The summed E-state index contributed by atoms with van der Waals surface area (Å²) in [6, 6.07) is 4.80. The van der Waals surface area contributed by atoms with Gasteiger partial charge in [0.15, 0.2) is 15.3 Å². The molecule has 2 aromatic carbocycles. The van der Waals surface area contributed by atoms with Crippen LogP contribution in [0.5, 0.6) is 11.5 Å². The number of nitrogens with zero attached hydrogens (tertiary/aromatic N) is 1. The summed E-state index contributed by atoms with van der Waals surface area (Å²) in [5.41, 5.74) is -3.07. The van der Waals surface area contributed by atoms with Gasteiger partial charge in [0.25, 0.3) is 5.69 Å². The molecule has 0 radical (unpaired) electrons. The molecule has 0 saturated carbocycles. The fourth-order valence-electron chi connectivity index (χ4n) is 2.30. The smallest absolute Gasteiger partial charge is 0.416 e. The van der Waals surface area contributed by atoms with Gasteiger partial charge in [0.05, 0.1) is 15.5 Å². The number of nitro benzene ring substituents is 1. The lowest BCUT2D eigenvalue weighted by atomic mass is 10.2. The molecule has 0 unspecified atom stereocenters. The second-order valence-corrected chi connectivity index (χ2v) is 10.9. The van der Waals surface area contributed by atoms with E-state index in [2.05, 4.69) is 9.05 Å². The average molecular weight is 504 g/mol. The van der Waals surface area contributed by atoms with Crippen LogP contribution < -0.4 is 4.74 Å². The lowest BCUT2D eigenvalue weighted by Crippen LogP contribution is -2.11. The quantitative estimate of drug-likeness (QED) is 0.271.